The fraction of sp³-hybridized carbons (Fsp3) is 0.467. The maximum Gasteiger partial charge on any atom is 0.344 e. The van der Waals surface area contributed by atoms with Gasteiger partial charge in [0.2, 0.25) is 5.91 Å². The fourth-order valence-electron chi connectivity index (χ4n) is 2.25. The number of esters is 1. The normalized spacial score (nSPS) is 16.0. The second-order valence-corrected chi connectivity index (χ2v) is 4.85. The molecule has 0 saturated carbocycles. The Morgan fingerprint density at radius 2 is 2.09 bits per heavy atom. The second-order valence-electron chi connectivity index (χ2n) is 4.85. The predicted octanol–water partition coefficient (Wildman–Crippen LogP) is 1.68. The van der Waals surface area contributed by atoms with Crippen molar-refractivity contribution in [3.05, 3.63) is 23.3 Å². The molecule has 0 fully saturated rings. The highest BCUT2D eigenvalue weighted by Crippen LogP contribution is 2.40. The van der Waals surface area contributed by atoms with Gasteiger partial charge in [-0.25, -0.2) is 4.79 Å². The average molecular weight is 308 g/mol. The largest absolute Gasteiger partial charge is 0.493 e. The zero-order chi connectivity index (χ0) is 16.1. The maximum atomic E-state index is 12.0. The lowest BCUT2D eigenvalue weighted by Crippen LogP contribution is -2.40. The Bertz CT molecular complexity index is 573. The molecule has 0 aliphatic carbocycles. The van der Waals surface area contributed by atoms with Gasteiger partial charge in [0.15, 0.2) is 17.7 Å². The molecule has 1 aliphatic heterocycles. The van der Waals surface area contributed by atoms with Crippen LogP contribution < -0.4 is 20.3 Å². The Kier molecular flexibility index (Phi) is 5.21. The number of ether oxygens (including phenoxy) is 3. The van der Waals surface area contributed by atoms with Crippen LogP contribution in [0.15, 0.2) is 12.1 Å². The highest BCUT2D eigenvalue weighted by Gasteiger charge is 2.35. The van der Waals surface area contributed by atoms with Crippen molar-refractivity contribution in [2.45, 2.75) is 32.4 Å². The van der Waals surface area contributed by atoms with E-state index in [2.05, 4.69) is 10.9 Å². The van der Waals surface area contributed by atoms with Crippen molar-refractivity contribution in [3.8, 4) is 11.5 Å². The van der Waals surface area contributed by atoms with Crippen LogP contribution in [0.2, 0.25) is 0 Å². The van der Waals surface area contributed by atoms with E-state index in [-0.39, 0.29) is 5.91 Å². The van der Waals surface area contributed by atoms with E-state index in [0.717, 1.165) is 12.8 Å². The maximum absolute atomic E-state index is 12.0. The first-order valence-corrected chi connectivity index (χ1v) is 7.12. The van der Waals surface area contributed by atoms with Crippen molar-refractivity contribution < 1.29 is 23.8 Å². The first kappa shape index (κ1) is 16.1. The van der Waals surface area contributed by atoms with E-state index in [1.54, 1.807) is 12.1 Å². The number of methoxy groups -OCH3 is 2. The third-order valence-corrected chi connectivity index (χ3v) is 3.39. The van der Waals surface area contributed by atoms with E-state index in [0.29, 0.717) is 29.0 Å². The lowest BCUT2D eigenvalue weighted by Gasteiger charge is -2.14. The van der Waals surface area contributed by atoms with Crippen molar-refractivity contribution in [1.29, 1.82) is 0 Å². The van der Waals surface area contributed by atoms with Crippen LogP contribution >= 0.6 is 0 Å². The minimum atomic E-state index is -0.743. The van der Waals surface area contributed by atoms with Gasteiger partial charge >= 0.3 is 5.97 Å². The number of cyclic esters (lactones) is 1. The summed E-state index contributed by atoms with van der Waals surface area (Å²) >= 11 is 0. The van der Waals surface area contributed by atoms with Crippen LogP contribution in [-0.2, 0) is 9.53 Å². The molecule has 1 amide bonds. The van der Waals surface area contributed by atoms with E-state index < -0.39 is 12.2 Å². The van der Waals surface area contributed by atoms with Gasteiger partial charge in [0.05, 0.1) is 14.2 Å². The van der Waals surface area contributed by atoms with Gasteiger partial charge in [0.1, 0.15) is 5.56 Å². The third-order valence-electron chi connectivity index (χ3n) is 3.39. The molecular formula is C15H20N2O5. The van der Waals surface area contributed by atoms with E-state index in [1.165, 1.54) is 14.2 Å². The molecule has 7 heteroatoms. The summed E-state index contributed by atoms with van der Waals surface area (Å²) in [6.45, 7) is 2.01. The zero-order valence-corrected chi connectivity index (χ0v) is 12.9. The summed E-state index contributed by atoms with van der Waals surface area (Å²) in [5.74, 6) is 0.107. The summed E-state index contributed by atoms with van der Waals surface area (Å²) in [6.07, 6.45) is 1.42. The molecule has 0 aromatic heterocycles. The quantitative estimate of drug-likeness (QED) is 0.589. The SMILES string of the molecule is CCCCC(=O)NN[C@H]1OC(=O)c2c1ccc(OC)c2OC. The number of hydrogen-bond acceptors (Lipinski definition) is 6. The molecular weight excluding hydrogens is 288 g/mol. The molecule has 1 aliphatic rings. The number of amides is 1. The lowest BCUT2D eigenvalue weighted by atomic mass is 10.1. The molecule has 1 aromatic carbocycles. The first-order chi connectivity index (χ1) is 10.6. The van der Waals surface area contributed by atoms with E-state index in [1.807, 2.05) is 6.92 Å². The molecule has 1 heterocycles. The number of benzene rings is 1. The van der Waals surface area contributed by atoms with E-state index >= 15 is 0 Å². The van der Waals surface area contributed by atoms with Gasteiger partial charge in [0.25, 0.3) is 0 Å². The summed E-state index contributed by atoms with van der Waals surface area (Å²) in [6, 6.07) is 3.39. The van der Waals surface area contributed by atoms with Gasteiger partial charge in [-0.05, 0) is 18.6 Å². The Balaban J connectivity index is 2.14. The van der Waals surface area contributed by atoms with Gasteiger partial charge in [-0.2, -0.15) is 5.43 Å². The zero-order valence-electron chi connectivity index (χ0n) is 12.9. The number of hydrogen-bond donors (Lipinski definition) is 2. The smallest absolute Gasteiger partial charge is 0.344 e. The van der Waals surface area contributed by atoms with Crippen LogP contribution in [0.1, 0.15) is 48.3 Å². The van der Waals surface area contributed by atoms with Crippen molar-refractivity contribution in [1.82, 2.24) is 10.9 Å². The molecule has 7 nitrogen and oxygen atoms in total. The fourth-order valence-corrected chi connectivity index (χ4v) is 2.25. The highest BCUT2D eigenvalue weighted by atomic mass is 16.6. The van der Waals surface area contributed by atoms with Crippen LogP contribution in [0.4, 0.5) is 0 Å². The Hall–Kier alpha value is -2.28. The molecule has 0 saturated heterocycles. The monoisotopic (exact) mass is 308 g/mol. The molecule has 22 heavy (non-hydrogen) atoms. The van der Waals surface area contributed by atoms with Crippen LogP contribution in [0.3, 0.4) is 0 Å². The van der Waals surface area contributed by atoms with Crippen molar-refractivity contribution in [2.75, 3.05) is 14.2 Å². The van der Waals surface area contributed by atoms with Gasteiger partial charge in [-0.3, -0.25) is 10.2 Å². The average Bonchev–Trinajstić information content (AvgIpc) is 2.86. The summed E-state index contributed by atoms with van der Waals surface area (Å²) in [5.41, 5.74) is 6.18. The van der Waals surface area contributed by atoms with Crippen molar-refractivity contribution >= 4 is 11.9 Å². The molecule has 1 atom stereocenters. The summed E-state index contributed by atoms with van der Waals surface area (Å²) < 4.78 is 15.6. The number of unbranched alkanes of at least 4 members (excludes halogenated alkanes) is 1. The second kappa shape index (κ2) is 7.13. The van der Waals surface area contributed by atoms with Gasteiger partial charge in [-0.1, -0.05) is 13.3 Å². The standard InChI is InChI=1S/C15H20N2O5/c1-4-5-6-11(18)16-17-14-9-7-8-10(20-2)13(21-3)12(9)15(19)22-14/h7-8,14,17H,4-6H2,1-3H3,(H,16,18)/t14-/m0/s1. The Morgan fingerprint density at radius 1 is 1.32 bits per heavy atom. The van der Waals surface area contributed by atoms with Crippen LogP contribution in [0, 0.1) is 0 Å². The third kappa shape index (κ3) is 3.14. The number of rotatable bonds is 7. The molecule has 1 aromatic rings. The number of fused-ring (bicyclic) bond motifs is 1. The minimum Gasteiger partial charge on any atom is -0.493 e. The lowest BCUT2D eigenvalue weighted by molar-refractivity contribution is -0.123. The molecule has 0 unspecified atom stereocenters. The molecule has 0 radical (unpaired) electrons. The first-order valence-electron chi connectivity index (χ1n) is 7.12. The number of nitrogens with one attached hydrogen (secondary N) is 2. The van der Waals surface area contributed by atoms with E-state index in [4.69, 9.17) is 14.2 Å². The molecule has 0 spiro atoms. The van der Waals surface area contributed by atoms with Crippen LogP contribution in [-0.4, -0.2) is 26.1 Å². The van der Waals surface area contributed by atoms with Crippen molar-refractivity contribution in [3.63, 3.8) is 0 Å². The van der Waals surface area contributed by atoms with Crippen LogP contribution in [0.5, 0.6) is 11.5 Å². The molecule has 2 N–H and O–H groups in total. The molecule has 2 rings (SSSR count). The highest BCUT2D eigenvalue weighted by molar-refractivity contribution is 5.98. The summed E-state index contributed by atoms with van der Waals surface area (Å²) in [5, 5.41) is 0. The van der Waals surface area contributed by atoms with Gasteiger partial charge in [0, 0.05) is 12.0 Å². The van der Waals surface area contributed by atoms with Crippen LogP contribution in [0.25, 0.3) is 0 Å². The number of hydrazine groups is 1. The molecule has 120 valence electrons. The summed E-state index contributed by atoms with van der Waals surface area (Å²) in [4.78, 5) is 23.6. The Morgan fingerprint density at radius 3 is 2.73 bits per heavy atom. The minimum absolute atomic E-state index is 0.146. The number of carbonyl (C=O) groups is 2. The summed E-state index contributed by atoms with van der Waals surface area (Å²) in [7, 11) is 2.95. The van der Waals surface area contributed by atoms with Gasteiger partial charge in [-0.15, -0.1) is 0 Å². The number of carbonyl (C=O) groups excluding carboxylic acids is 2. The predicted molar refractivity (Wildman–Crippen MR) is 78.5 cm³/mol. The Labute approximate surface area is 128 Å². The van der Waals surface area contributed by atoms with E-state index in [9.17, 15) is 9.59 Å². The topological polar surface area (TPSA) is 85.9 Å². The van der Waals surface area contributed by atoms with Gasteiger partial charge < -0.3 is 14.2 Å². The van der Waals surface area contributed by atoms with Crippen molar-refractivity contribution in [2.24, 2.45) is 0 Å². The molecule has 0 bridgehead atoms.